The predicted octanol–water partition coefficient (Wildman–Crippen LogP) is 3.07. The van der Waals surface area contributed by atoms with E-state index in [0.717, 1.165) is 56.0 Å². The van der Waals surface area contributed by atoms with E-state index in [4.69, 9.17) is 22.1 Å². The van der Waals surface area contributed by atoms with Crippen LogP contribution in [0.25, 0.3) is 0 Å². The average molecular weight is 440 g/mol. The molecule has 2 amide bonds. The van der Waals surface area contributed by atoms with E-state index in [0.29, 0.717) is 17.5 Å². The number of carbonyl (C=O) groups is 2. The van der Waals surface area contributed by atoms with Crippen molar-refractivity contribution in [3.05, 3.63) is 58.1 Å². The molecule has 7 heteroatoms. The standard InChI is InChI=1S/C24H26ClN3O3/c25-17-4-5-19-20(13-28(14-22(26)29)21(19)12-17)24(30)27-9-6-15(7-10-27)18-3-1-2-16-8-11-31-23(16)18/h1-5,12,15,20H,6-11,13-14H2,(H2,26,29). The molecule has 0 aromatic heterocycles. The number of fused-ring (bicyclic) bond motifs is 2. The summed E-state index contributed by atoms with van der Waals surface area (Å²) >= 11 is 6.17. The van der Waals surface area contributed by atoms with Gasteiger partial charge in [0.1, 0.15) is 5.75 Å². The third-order valence-corrected chi connectivity index (χ3v) is 6.98. The number of primary amides is 1. The van der Waals surface area contributed by atoms with Crippen molar-refractivity contribution in [1.82, 2.24) is 4.90 Å². The van der Waals surface area contributed by atoms with Gasteiger partial charge in [-0.3, -0.25) is 9.59 Å². The van der Waals surface area contributed by atoms with Crippen LogP contribution in [0.2, 0.25) is 5.02 Å². The topological polar surface area (TPSA) is 75.9 Å². The highest BCUT2D eigenvalue weighted by Gasteiger charge is 2.38. The van der Waals surface area contributed by atoms with Gasteiger partial charge in [-0.2, -0.15) is 0 Å². The summed E-state index contributed by atoms with van der Waals surface area (Å²) in [7, 11) is 0. The summed E-state index contributed by atoms with van der Waals surface area (Å²) in [4.78, 5) is 28.8. The van der Waals surface area contributed by atoms with Crippen molar-refractivity contribution >= 4 is 29.1 Å². The van der Waals surface area contributed by atoms with Gasteiger partial charge in [0.05, 0.1) is 19.1 Å². The predicted molar refractivity (Wildman–Crippen MR) is 120 cm³/mol. The van der Waals surface area contributed by atoms with Crippen LogP contribution in [-0.2, 0) is 16.0 Å². The summed E-state index contributed by atoms with van der Waals surface area (Å²) in [5.41, 5.74) is 9.76. The number of halogens is 1. The highest BCUT2D eigenvalue weighted by molar-refractivity contribution is 6.31. The average Bonchev–Trinajstić information content (AvgIpc) is 3.38. The largest absolute Gasteiger partial charge is 0.493 e. The van der Waals surface area contributed by atoms with E-state index in [-0.39, 0.29) is 18.4 Å². The number of carbonyl (C=O) groups excluding carboxylic acids is 2. The van der Waals surface area contributed by atoms with Crippen LogP contribution in [0, 0.1) is 0 Å². The molecule has 0 radical (unpaired) electrons. The molecule has 0 spiro atoms. The van der Waals surface area contributed by atoms with Gasteiger partial charge in [0.2, 0.25) is 11.8 Å². The van der Waals surface area contributed by atoms with E-state index in [2.05, 4.69) is 18.2 Å². The van der Waals surface area contributed by atoms with Crippen LogP contribution in [0.1, 0.15) is 41.4 Å². The highest BCUT2D eigenvalue weighted by atomic mass is 35.5. The van der Waals surface area contributed by atoms with E-state index in [1.165, 1.54) is 11.1 Å². The van der Waals surface area contributed by atoms with E-state index in [1.54, 1.807) is 6.07 Å². The molecule has 2 aromatic carbocycles. The molecule has 162 valence electrons. The lowest BCUT2D eigenvalue weighted by atomic mass is 9.87. The summed E-state index contributed by atoms with van der Waals surface area (Å²) in [6.07, 6.45) is 2.83. The first-order valence-corrected chi connectivity index (χ1v) is 11.2. The summed E-state index contributed by atoms with van der Waals surface area (Å²) in [6, 6.07) is 12.0. The lowest BCUT2D eigenvalue weighted by Gasteiger charge is -2.34. The van der Waals surface area contributed by atoms with E-state index >= 15 is 0 Å². The number of hydrogen-bond acceptors (Lipinski definition) is 4. The molecule has 1 atom stereocenters. The van der Waals surface area contributed by atoms with Crippen LogP contribution in [0.5, 0.6) is 5.75 Å². The van der Waals surface area contributed by atoms with Crippen molar-refractivity contribution < 1.29 is 14.3 Å². The van der Waals surface area contributed by atoms with Gasteiger partial charge >= 0.3 is 0 Å². The number of amides is 2. The monoisotopic (exact) mass is 439 g/mol. The number of piperidine rings is 1. The van der Waals surface area contributed by atoms with Crippen LogP contribution in [-0.4, -0.2) is 49.5 Å². The fraction of sp³-hybridized carbons (Fsp3) is 0.417. The quantitative estimate of drug-likeness (QED) is 0.794. The molecule has 3 aliphatic rings. The first kappa shape index (κ1) is 20.2. The van der Waals surface area contributed by atoms with Gasteiger partial charge in [0.25, 0.3) is 0 Å². The molecule has 0 aliphatic carbocycles. The summed E-state index contributed by atoms with van der Waals surface area (Å²) in [6.45, 7) is 2.75. The highest BCUT2D eigenvalue weighted by Crippen LogP contribution is 2.41. The van der Waals surface area contributed by atoms with Crippen molar-refractivity contribution in [2.24, 2.45) is 5.73 Å². The molecular formula is C24H26ClN3O3. The molecule has 6 nitrogen and oxygen atoms in total. The van der Waals surface area contributed by atoms with Crippen LogP contribution in [0.15, 0.2) is 36.4 Å². The Labute approximate surface area is 186 Å². The SMILES string of the molecule is NC(=O)CN1CC(C(=O)N2CCC(c3cccc4c3OCC4)CC2)c2ccc(Cl)cc21. The molecule has 0 bridgehead atoms. The van der Waals surface area contributed by atoms with Gasteiger partial charge < -0.3 is 20.3 Å². The number of anilines is 1. The molecule has 2 N–H and O–H groups in total. The fourth-order valence-electron chi connectivity index (χ4n) is 5.24. The molecule has 3 aliphatic heterocycles. The van der Waals surface area contributed by atoms with Crippen molar-refractivity contribution in [2.75, 3.05) is 37.7 Å². The van der Waals surface area contributed by atoms with E-state index in [9.17, 15) is 9.59 Å². The number of rotatable bonds is 4. The van der Waals surface area contributed by atoms with Gasteiger partial charge in [0, 0.05) is 36.8 Å². The van der Waals surface area contributed by atoms with Crippen LogP contribution < -0.4 is 15.4 Å². The van der Waals surface area contributed by atoms with Gasteiger partial charge in [-0.15, -0.1) is 0 Å². The first-order chi connectivity index (χ1) is 15.0. The summed E-state index contributed by atoms with van der Waals surface area (Å²) in [5.74, 6) is 0.877. The fourth-order valence-corrected chi connectivity index (χ4v) is 5.41. The van der Waals surface area contributed by atoms with Crippen molar-refractivity contribution in [1.29, 1.82) is 0 Å². The number of nitrogens with zero attached hydrogens (tertiary/aromatic N) is 2. The number of para-hydroxylation sites is 1. The van der Waals surface area contributed by atoms with E-state index < -0.39 is 5.91 Å². The number of benzene rings is 2. The second-order valence-corrected chi connectivity index (χ2v) is 9.07. The van der Waals surface area contributed by atoms with E-state index in [1.807, 2.05) is 21.9 Å². The zero-order chi connectivity index (χ0) is 21.5. The molecule has 31 heavy (non-hydrogen) atoms. The lowest BCUT2D eigenvalue weighted by Crippen LogP contribution is -2.42. The van der Waals surface area contributed by atoms with Gasteiger partial charge in [-0.1, -0.05) is 35.9 Å². The molecule has 2 aromatic rings. The molecule has 3 heterocycles. The second-order valence-electron chi connectivity index (χ2n) is 8.64. The molecule has 1 fully saturated rings. The number of likely N-dealkylation sites (tertiary alicyclic amines) is 1. The Kier molecular flexibility index (Phi) is 5.26. The Morgan fingerprint density at radius 3 is 2.71 bits per heavy atom. The molecule has 5 rings (SSSR count). The van der Waals surface area contributed by atoms with Crippen molar-refractivity contribution in [3.63, 3.8) is 0 Å². The smallest absolute Gasteiger partial charge is 0.236 e. The van der Waals surface area contributed by atoms with Gasteiger partial charge in [0.15, 0.2) is 0 Å². The normalized spacial score (nSPS) is 20.4. The maximum atomic E-state index is 13.4. The van der Waals surface area contributed by atoms with Crippen LogP contribution >= 0.6 is 11.6 Å². The zero-order valence-corrected chi connectivity index (χ0v) is 18.1. The number of ether oxygens (including phenoxy) is 1. The summed E-state index contributed by atoms with van der Waals surface area (Å²) in [5, 5.41) is 0.583. The molecular weight excluding hydrogens is 414 g/mol. The molecule has 0 saturated carbocycles. The first-order valence-electron chi connectivity index (χ1n) is 10.9. The number of nitrogens with two attached hydrogens (primary N) is 1. The summed E-state index contributed by atoms with van der Waals surface area (Å²) < 4.78 is 5.90. The van der Waals surface area contributed by atoms with Crippen LogP contribution in [0.4, 0.5) is 5.69 Å². The van der Waals surface area contributed by atoms with Gasteiger partial charge in [-0.25, -0.2) is 0 Å². The van der Waals surface area contributed by atoms with Crippen molar-refractivity contribution in [3.8, 4) is 5.75 Å². The Balaban J connectivity index is 1.30. The van der Waals surface area contributed by atoms with Gasteiger partial charge in [-0.05, 0) is 47.6 Å². The second kappa shape index (κ2) is 8.08. The molecule has 1 unspecified atom stereocenters. The minimum Gasteiger partial charge on any atom is -0.493 e. The third-order valence-electron chi connectivity index (χ3n) is 6.75. The molecule has 1 saturated heterocycles. The minimum atomic E-state index is -0.419. The lowest BCUT2D eigenvalue weighted by molar-refractivity contribution is -0.133. The van der Waals surface area contributed by atoms with Crippen molar-refractivity contribution in [2.45, 2.75) is 31.1 Å². The maximum Gasteiger partial charge on any atom is 0.236 e. The Hall–Kier alpha value is -2.73. The minimum absolute atomic E-state index is 0.0817. The third kappa shape index (κ3) is 3.74. The Morgan fingerprint density at radius 2 is 1.94 bits per heavy atom. The number of hydrogen-bond donors (Lipinski definition) is 1. The maximum absolute atomic E-state index is 13.4. The zero-order valence-electron chi connectivity index (χ0n) is 17.4. The van der Waals surface area contributed by atoms with Crippen LogP contribution in [0.3, 0.4) is 0 Å². The Morgan fingerprint density at radius 1 is 1.13 bits per heavy atom. The Bertz CT molecular complexity index is 1030.